The Labute approximate surface area is 196 Å². The van der Waals surface area contributed by atoms with Gasteiger partial charge in [-0.15, -0.1) is 0 Å². The van der Waals surface area contributed by atoms with Crippen LogP contribution in [0.3, 0.4) is 0 Å². The molecule has 2 heterocycles. The molecule has 1 amide bonds. The van der Waals surface area contributed by atoms with E-state index in [1.54, 1.807) is 26.3 Å². The molecule has 0 saturated carbocycles. The fourth-order valence-electron chi connectivity index (χ4n) is 4.31. The maximum atomic E-state index is 14.5. The van der Waals surface area contributed by atoms with Crippen LogP contribution < -0.4 is 15.4 Å². The molecule has 0 unspecified atom stereocenters. The Bertz CT molecular complexity index is 1200. The van der Waals surface area contributed by atoms with Crippen LogP contribution in [0.2, 0.25) is 5.02 Å². The minimum atomic E-state index is -0.623. The highest BCUT2D eigenvalue weighted by Crippen LogP contribution is 2.34. The summed E-state index contributed by atoms with van der Waals surface area (Å²) in [5, 5.41) is 6.52. The van der Waals surface area contributed by atoms with E-state index in [9.17, 15) is 9.18 Å². The van der Waals surface area contributed by atoms with E-state index in [4.69, 9.17) is 16.3 Å². The number of nitrogens with zero attached hydrogens (tertiary/aromatic N) is 4. The molecular formula is C23H26ClFN6O2. The first kappa shape index (κ1) is 23.2. The Kier molecular flexibility index (Phi) is 6.38. The van der Waals surface area contributed by atoms with Crippen molar-refractivity contribution in [1.82, 2.24) is 25.1 Å². The Hall–Kier alpha value is -3.01. The van der Waals surface area contributed by atoms with Gasteiger partial charge in [-0.3, -0.25) is 9.69 Å². The number of nitrogens with one attached hydrogen (secondary N) is 2. The summed E-state index contributed by atoms with van der Waals surface area (Å²) in [6.45, 7) is 1.71. The third kappa shape index (κ3) is 4.19. The highest BCUT2D eigenvalue weighted by molar-refractivity contribution is 6.31. The molecule has 1 aliphatic rings. The molecule has 4 rings (SSSR count). The zero-order valence-corrected chi connectivity index (χ0v) is 19.7. The average molecular weight is 473 g/mol. The average Bonchev–Trinajstić information content (AvgIpc) is 2.79. The van der Waals surface area contributed by atoms with Gasteiger partial charge in [-0.2, -0.15) is 0 Å². The van der Waals surface area contributed by atoms with Crippen molar-refractivity contribution < 1.29 is 13.9 Å². The van der Waals surface area contributed by atoms with E-state index in [2.05, 4.69) is 25.5 Å². The van der Waals surface area contributed by atoms with Gasteiger partial charge in [-0.1, -0.05) is 17.7 Å². The molecule has 2 aromatic carbocycles. The number of ether oxygens (including phenoxy) is 1. The van der Waals surface area contributed by atoms with Crippen molar-refractivity contribution >= 4 is 39.9 Å². The van der Waals surface area contributed by atoms with Crippen LogP contribution in [0.1, 0.15) is 5.56 Å². The highest BCUT2D eigenvalue weighted by atomic mass is 35.5. The van der Waals surface area contributed by atoms with Crippen molar-refractivity contribution in [2.45, 2.75) is 12.1 Å². The van der Waals surface area contributed by atoms with Crippen molar-refractivity contribution in [2.24, 2.45) is 0 Å². The van der Waals surface area contributed by atoms with Crippen LogP contribution in [0.15, 0.2) is 36.7 Å². The number of likely N-dealkylation sites (tertiary alicyclic amines) is 1. The van der Waals surface area contributed by atoms with Gasteiger partial charge in [0.25, 0.3) is 0 Å². The number of rotatable bonds is 7. The number of fused-ring (bicyclic) bond motifs is 1. The van der Waals surface area contributed by atoms with Gasteiger partial charge in [0, 0.05) is 43.7 Å². The number of anilines is 2. The third-order valence-electron chi connectivity index (χ3n) is 6.09. The van der Waals surface area contributed by atoms with Crippen molar-refractivity contribution in [3.05, 3.63) is 53.1 Å². The van der Waals surface area contributed by atoms with E-state index in [-0.39, 0.29) is 16.6 Å². The molecule has 0 atom stereocenters. The van der Waals surface area contributed by atoms with E-state index in [1.807, 2.05) is 31.1 Å². The monoisotopic (exact) mass is 472 g/mol. The Morgan fingerprint density at radius 2 is 2.09 bits per heavy atom. The lowest BCUT2D eigenvalue weighted by molar-refractivity contribution is -0.144. The van der Waals surface area contributed by atoms with E-state index < -0.39 is 11.4 Å². The molecule has 174 valence electrons. The Balaban J connectivity index is 1.72. The van der Waals surface area contributed by atoms with E-state index in [1.165, 1.54) is 12.4 Å². The summed E-state index contributed by atoms with van der Waals surface area (Å²) >= 11 is 5.92. The maximum absolute atomic E-state index is 14.5. The molecule has 10 heteroatoms. The lowest BCUT2D eigenvalue weighted by Crippen LogP contribution is -2.74. The molecule has 1 aromatic heterocycles. The summed E-state index contributed by atoms with van der Waals surface area (Å²) in [5.74, 6) is 0.510. The van der Waals surface area contributed by atoms with E-state index >= 15 is 0 Å². The molecule has 0 radical (unpaired) electrons. The minimum Gasteiger partial charge on any atom is -0.496 e. The molecule has 0 aliphatic carbocycles. The highest BCUT2D eigenvalue weighted by Gasteiger charge is 2.50. The second-order valence-electron chi connectivity index (χ2n) is 8.27. The Morgan fingerprint density at radius 3 is 2.76 bits per heavy atom. The van der Waals surface area contributed by atoms with Crippen LogP contribution >= 0.6 is 11.6 Å². The van der Waals surface area contributed by atoms with Gasteiger partial charge in [0.15, 0.2) is 5.82 Å². The molecule has 1 saturated heterocycles. The molecular weight excluding hydrogens is 447 g/mol. The SMILES string of the molecule is CNC(=O)C1(N(C)Cc2cc3c(Nc4cccc(Cl)c4F)ncnc3cc2OC)CN(C)C1. The van der Waals surface area contributed by atoms with E-state index in [0.29, 0.717) is 42.1 Å². The summed E-state index contributed by atoms with van der Waals surface area (Å²) in [7, 11) is 7.15. The number of likely N-dealkylation sites (N-methyl/N-ethyl adjacent to an activating group) is 3. The third-order valence-corrected chi connectivity index (χ3v) is 6.38. The summed E-state index contributed by atoms with van der Waals surface area (Å²) in [6, 6.07) is 8.47. The minimum absolute atomic E-state index is 0.0207. The van der Waals surface area contributed by atoms with Crippen LogP contribution in [0.5, 0.6) is 5.75 Å². The van der Waals surface area contributed by atoms with Crippen LogP contribution in [0.4, 0.5) is 15.9 Å². The van der Waals surface area contributed by atoms with Crippen molar-refractivity contribution in [2.75, 3.05) is 46.7 Å². The van der Waals surface area contributed by atoms with Crippen LogP contribution in [-0.2, 0) is 11.3 Å². The van der Waals surface area contributed by atoms with Crippen LogP contribution in [-0.4, -0.2) is 72.6 Å². The maximum Gasteiger partial charge on any atom is 0.242 e. The van der Waals surface area contributed by atoms with Gasteiger partial charge < -0.3 is 20.3 Å². The first-order valence-corrected chi connectivity index (χ1v) is 10.8. The molecule has 2 N–H and O–H groups in total. The molecule has 0 bridgehead atoms. The first-order valence-electron chi connectivity index (χ1n) is 10.4. The second kappa shape index (κ2) is 9.09. The molecule has 8 nitrogen and oxygen atoms in total. The lowest BCUT2D eigenvalue weighted by Gasteiger charge is -2.52. The quantitative estimate of drug-likeness (QED) is 0.547. The molecule has 1 fully saturated rings. The largest absolute Gasteiger partial charge is 0.496 e. The summed E-state index contributed by atoms with van der Waals surface area (Å²) in [4.78, 5) is 25.5. The number of amides is 1. The number of hydrogen-bond acceptors (Lipinski definition) is 7. The number of carbonyl (C=O) groups excluding carboxylic acids is 1. The van der Waals surface area contributed by atoms with Crippen LogP contribution in [0.25, 0.3) is 10.9 Å². The normalized spacial score (nSPS) is 15.4. The molecule has 0 spiro atoms. The second-order valence-corrected chi connectivity index (χ2v) is 8.68. The number of methoxy groups -OCH3 is 1. The van der Waals surface area contributed by atoms with Gasteiger partial charge in [-0.25, -0.2) is 14.4 Å². The fraction of sp³-hybridized carbons (Fsp3) is 0.348. The van der Waals surface area contributed by atoms with Crippen molar-refractivity contribution in [1.29, 1.82) is 0 Å². The number of benzene rings is 2. The van der Waals surface area contributed by atoms with Gasteiger partial charge >= 0.3 is 0 Å². The van der Waals surface area contributed by atoms with Crippen molar-refractivity contribution in [3.8, 4) is 5.75 Å². The predicted molar refractivity (Wildman–Crippen MR) is 127 cm³/mol. The summed E-state index contributed by atoms with van der Waals surface area (Å²) < 4.78 is 20.1. The van der Waals surface area contributed by atoms with Crippen molar-refractivity contribution in [3.63, 3.8) is 0 Å². The van der Waals surface area contributed by atoms with Gasteiger partial charge in [0.05, 0.1) is 23.3 Å². The number of aromatic nitrogens is 2. The Morgan fingerprint density at radius 1 is 1.33 bits per heavy atom. The summed E-state index contributed by atoms with van der Waals surface area (Å²) in [6.07, 6.45) is 1.41. The first-order chi connectivity index (χ1) is 15.8. The number of carbonyl (C=O) groups is 1. The fourth-order valence-corrected chi connectivity index (χ4v) is 4.49. The van der Waals surface area contributed by atoms with Gasteiger partial charge in [0.1, 0.15) is 23.4 Å². The zero-order chi connectivity index (χ0) is 23.8. The van der Waals surface area contributed by atoms with Gasteiger partial charge in [0.2, 0.25) is 5.91 Å². The molecule has 33 heavy (non-hydrogen) atoms. The lowest BCUT2D eigenvalue weighted by atomic mass is 9.87. The predicted octanol–water partition coefficient (Wildman–Crippen LogP) is 3.04. The topological polar surface area (TPSA) is 82.6 Å². The molecule has 1 aliphatic heterocycles. The van der Waals surface area contributed by atoms with Gasteiger partial charge in [-0.05, 0) is 32.3 Å². The summed E-state index contributed by atoms with van der Waals surface area (Å²) in [5.41, 5.74) is 1.09. The van der Waals surface area contributed by atoms with Crippen LogP contribution in [0, 0.1) is 5.82 Å². The zero-order valence-electron chi connectivity index (χ0n) is 18.9. The smallest absolute Gasteiger partial charge is 0.242 e. The molecule has 3 aromatic rings. The number of hydrogen-bond donors (Lipinski definition) is 2. The number of halogens is 2. The van der Waals surface area contributed by atoms with E-state index in [0.717, 1.165) is 5.56 Å². The standard InChI is InChI=1S/C23H26ClFN6O2/c1-26-22(32)23(11-30(2)12-23)31(3)10-14-8-15-18(9-19(14)33-4)27-13-28-21(15)29-17-7-5-6-16(24)20(17)25/h5-9,13H,10-12H2,1-4H3,(H,26,32)(H,27,28,29).